The summed E-state index contributed by atoms with van der Waals surface area (Å²) in [5.41, 5.74) is 6.71. The highest BCUT2D eigenvalue weighted by atomic mass is 79.9. The molecule has 0 bridgehead atoms. The lowest BCUT2D eigenvalue weighted by Crippen LogP contribution is -2.43. The molecule has 2 rings (SSSR count). The smallest absolute Gasteiger partial charge is 0.161 e. The number of anilines is 1. The molecule has 0 spiro atoms. The van der Waals surface area contributed by atoms with E-state index in [-0.39, 0.29) is 16.3 Å². The lowest BCUT2D eigenvalue weighted by molar-refractivity contribution is 0.497. The monoisotopic (exact) mass is 297 g/mol. The van der Waals surface area contributed by atoms with E-state index in [1.807, 2.05) is 11.0 Å². The number of benzene rings is 1. The van der Waals surface area contributed by atoms with Crippen molar-refractivity contribution in [2.45, 2.75) is 18.9 Å². The van der Waals surface area contributed by atoms with Crippen LogP contribution in [0.15, 0.2) is 16.6 Å². The van der Waals surface area contributed by atoms with Gasteiger partial charge in [-0.05, 0) is 40.9 Å². The number of hydrogen-bond acceptors (Lipinski definition) is 3. The molecule has 1 aliphatic heterocycles. The second-order valence-electron chi connectivity index (χ2n) is 4.22. The first-order valence-corrected chi connectivity index (χ1v) is 6.31. The van der Waals surface area contributed by atoms with Crippen LogP contribution in [-0.4, -0.2) is 19.1 Å². The Balaban J connectivity index is 2.33. The first-order chi connectivity index (χ1) is 8.13. The van der Waals surface area contributed by atoms with Gasteiger partial charge in [-0.2, -0.15) is 5.26 Å². The standard InChI is InChI=1S/C12H13BrFN3/c13-11-8(6-15)3-4-10(12(11)14)17-5-1-2-9(16)7-17/h3-4,9H,1-2,5,7,16H2. The Morgan fingerprint density at radius 3 is 2.94 bits per heavy atom. The molecule has 0 saturated carbocycles. The van der Waals surface area contributed by atoms with E-state index in [9.17, 15) is 4.39 Å². The van der Waals surface area contributed by atoms with E-state index in [2.05, 4.69) is 15.9 Å². The third kappa shape index (κ3) is 2.43. The van der Waals surface area contributed by atoms with E-state index < -0.39 is 0 Å². The minimum atomic E-state index is -0.377. The lowest BCUT2D eigenvalue weighted by atomic mass is 10.1. The van der Waals surface area contributed by atoms with Crippen molar-refractivity contribution < 1.29 is 4.39 Å². The van der Waals surface area contributed by atoms with Gasteiger partial charge in [0.15, 0.2) is 5.82 Å². The van der Waals surface area contributed by atoms with Gasteiger partial charge in [0, 0.05) is 19.1 Å². The van der Waals surface area contributed by atoms with E-state index in [4.69, 9.17) is 11.0 Å². The van der Waals surface area contributed by atoms with Crippen LogP contribution in [0, 0.1) is 17.1 Å². The summed E-state index contributed by atoms with van der Waals surface area (Å²) in [4.78, 5) is 1.94. The summed E-state index contributed by atoms with van der Waals surface area (Å²) in [5.74, 6) is -0.377. The summed E-state index contributed by atoms with van der Waals surface area (Å²) in [7, 11) is 0. The number of nitrogens with zero attached hydrogens (tertiary/aromatic N) is 2. The zero-order chi connectivity index (χ0) is 12.4. The molecule has 1 aromatic rings. The molecule has 90 valence electrons. The average Bonchev–Trinajstić information content (AvgIpc) is 2.32. The zero-order valence-electron chi connectivity index (χ0n) is 9.29. The number of piperidine rings is 1. The maximum Gasteiger partial charge on any atom is 0.161 e. The number of nitriles is 1. The fourth-order valence-electron chi connectivity index (χ4n) is 2.10. The molecule has 1 heterocycles. The second kappa shape index (κ2) is 5.03. The minimum Gasteiger partial charge on any atom is -0.368 e. The maximum absolute atomic E-state index is 14.1. The quantitative estimate of drug-likeness (QED) is 0.866. The van der Waals surface area contributed by atoms with Gasteiger partial charge in [0.25, 0.3) is 0 Å². The van der Waals surface area contributed by atoms with E-state index >= 15 is 0 Å². The lowest BCUT2D eigenvalue weighted by Gasteiger charge is -2.33. The van der Waals surface area contributed by atoms with Crippen molar-refractivity contribution in [1.82, 2.24) is 0 Å². The fraction of sp³-hybridized carbons (Fsp3) is 0.417. The highest BCUT2D eigenvalue weighted by Gasteiger charge is 2.21. The third-order valence-electron chi connectivity index (χ3n) is 2.98. The first-order valence-electron chi connectivity index (χ1n) is 5.52. The minimum absolute atomic E-state index is 0.0950. The van der Waals surface area contributed by atoms with Gasteiger partial charge < -0.3 is 10.6 Å². The Hall–Kier alpha value is -1.12. The molecule has 1 aromatic carbocycles. The topological polar surface area (TPSA) is 53.0 Å². The SMILES string of the molecule is N#Cc1ccc(N2CCCC(N)C2)c(F)c1Br. The third-order valence-corrected chi connectivity index (χ3v) is 3.76. The van der Waals surface area contributed by atoms with Crippen molar-refractivity contribution in [2.24, 2.45) is 5.73 Å². The van der Waals surface area contributed by atoms with Crippen molar-refractivity contribution in [1.29, 1.82) is 5.26 Å². The van der Waals surface area contributed by atoms with E-state index in [0.717, 1.165) is 19.4 Å². The number of halogens is 2. The molecule has 17 heavy (non-hydrogen) atoms. The molecule has 2 N–H and O–H groups in total. The van der Waals surface area contributed by atoms with Gasteiger partial charge >= 0.3 is 0 Å². The fourth-order valence-corrected chi connectivity index (χ4v) is 2.52. The Labute approximate surface area is 108 Å². The van der Waals surface area contributed by atoms with Crippen LogP contribution in [0.2, 0.25) is 0 Å². The van der Waals surface area contributed by atoms with E-state index in [1.165, 1.54) is 0 Å². The molecule has 1 saturated heterocycles. The summed E-state index contributed by atoms with van der Waals surface area (Å²) in [6, 6.07) is 5.32. The van der Waals surface area contributed by atoms with Crippen LogP contribution in [-0.2, 0) is 0 Å². The van der Waals surface area contributed by atoms with Gasteiger partial charge in [-0.1, -0.05) is 0 Å². The van der Waals surface area contributed by atoms with Crippen molar-refractivity contribution in [3.05, 3.63) is 28.0 Å². The van der Waals surface area contributed by atoms with Crippen LogP contribution in [0.3, 0.4) is 0 Å². The number of hydrogen-bond donors (Lipinski definition) is 1. The largest absolute Gasteiger partial charge is 0.368 e. The van der Waals surface area contributed by atoms with Gasteiger partial charge in [0.1, 0.15) is 6.07 Å². The molecule has 0 radical (unpaired) electrons. The predicted octanol–water partition coefficient (Wildman–Crippen LogP) is 2.39. The van der Waals surface area contributed by atoms with Gasteiger partial charge in [-0.15, -0.1) is 0 Å². The van der Waals surface area contributed by atoms with Crippen molar-refractivity contribution in [2.75, 3.05) is 18.0 Å². The van der Waals surface area contributed by atoms with E-state index in [1.54, 1.807) is 12.1 Å². The maximum atomic E-state index is 14.1. The normalized spacial score (nSPS) is 20.1. The molecule has 0 aromatic heterocycles. The molecular weight excluding hydrogens is 285 g/mol. The summed E-state index contributed by atoms with van der Waals surface area (Å²) >= 11 is 3.12. The number of rotatable bonds is 1. The summed E-state index contributed by atoms with van der Waals surface area (Å²) in [6.07, 6.45) is 1.95. The van der Waals surface area contributed by atoms with Crippen LogP contribution >= 0.6 is 15.9 Å². The highest BCUT2D eigenvalue weighted by Crippen LogP contribution is 2.30. The molecule has 1 atom stereocenters. The van der Waals surface area contributed by atoms with Crippen LogP contribution in [0.1, 0.15) is 18.4 Å². The zero-order valence-corrected chi connectivity index (χ0v) is 10.9. The van der Waals surface area contributed by atoms with Crippen molar-refractivity contribution in [3.63, 3.8) is 0 Å². The Morgan fingerprint density at radius 1 is 1.53 bits per heavy atom. The highest BCUT2D eigenvalue weighted by molar-refractivity contribution is 9.10. The molecule has 0 aliphatic carbocycles. The average molecular weight is 298 g/mol. The molecule has 3 nitrogen and oxygen atoms in total. The summed E-state index contributed by atoms with van der Waals surface area (Å²) in [6.45, 7) is 1.47. The predicted molar refractivity (Wildman–Crippen MR) is 68.2 cm³/mol. The summed E-state index contributed by atoms with van der Waals surface area (Å²) < 4.78 is 14.3. The van der Waals surface area contributed by atoms with Gasteiger partial charge in [-0.3, -0.25) is 0 Å². The second-order valence-corrected chi connectivity index (χ2v) is 5.01. The number of nitrogens with two attached hydrogens (primary N) is 1. The van der Waals surface area contributed by atoms with Crippen LogP contribution in [0.5, 0.6) is 0 Å². The van der Waals surface area contributed by atoms with Crippen molar-refractivity contribution >= 4 is 21.6 Å². The summed E-state index contributed by atoms with van der Waals surface area (Å²) in [5, 5.41) is 8.81. The molecule has 1 fully saturated rings. The molecular formula is C12H13BrFN3. The van der Waals surface area contributed by atoms with Crippen LogP contribution < -0.4 is 10.6 Å². The molecule has 0 amide bonds. The van der Waals surface area contributed by atoms with Gasteiger partial charge in [0.2, 0.25) is 0 Å². The first kappa shape index (κ1) is 12.3. The Morgan fingerprint density at radius 2 is 2.29 bits per heavy atom. The molecule has 1 aliphatic rings. The Kier molecular flexibility index (Phi) is 3.65. The van der Waals surface area contributed by atoms with Crippen molar-refractivity contribution in [3.8, 4) is 6.07 Å². The van der Waals surface area contributed by atoms with Gasteiger partial charge in [0.05, 0.1) is 15.7 Å². The van der Waals surface area contributed by atoms with Crippen LogP contribution in [0.25, 0.3) is 0 Å². The Bertz CT molecular complexity index is 470. The van der Waals surface area contributed by atoms with E-state index in [0.29, 0.717) is 17.8 Å². The molecule has 5 heteroatoms. The van der Waals surface area contributed by atoms with Crippen LogP contribution in [0.4, 0.5) is 10.1 Å². The molecule has 1 unspecified atom stereocenters. The van der Waals surface area contributed by atoms with Gasteiger partial charge in [-0.25, -0.2) is 4.39 Å².